The lowest BCUT2D eigenvalue weighted by molar-refractivity contribution is -0.120. The zero-order valence-electron chi connectivity index (χ0n) is 8.62. The Kier molecular flexibility index (Phi) is 3.88. The van der Waals surface area contributed by atoms with Crippen LogP contribution in [0.2, 0.25) is 0 Å². The summed E-state index contributed by atoms with van der Waals surface area (Å²) in [6, 6.07) is -0.165. The van der Waals surface area contributed by atoms with Gasteiger partial charge in [-0.15, -0.1) is 0 Å². The Labute approximate surface area is 80.3 Å². The van der Waals surface area contributed by atoms with Gasteiger partial charge >= 0.3 is 0 Å². The third-order valence-electron chi connectivity index (χ3n) is 2.53. The van der Waals surface area contributed by atoms with Gasteiger partial charge in [-0.2, -0.15) is 0 Å². The van der Waals surface area contributed by atoms with Crippen LogP contribution in [-0.4, -0.2) is 37.4 Å². The van der Waals surface area contributed by atoms with E-state index in [9.17, 15) is 4.79 Å². The largest absolute Gasteiger partial charge is 0.321 e. The fourth-order valence-electron chi connectivity index (χ4n) is 1.45. The topological polar surface area (TPSA) is 46.3 Å². The zero-order chi connectivity index (χ0) is 9.84. The number of carbonyl (C=O) groups excluding carboxylic acids is 1. The maximum atomic E-state index is 11.5. The van der Waals surface area contributed by atoms with Gasteiger partial charge in [0.1, 0.15) is 5.78 Å². The molecule has 3 nitrogen and oxygen atoms in total. The summed E-state index contributed by atoms with van der Waals surface area (Å²) in [4.78, 5) is 13.6. The molecule has 0 heterocycles. The lowest BCUT2D eigenvalue weighted by atomic mass is 10.0. The van der Waals surface area contributed by atoms with Crippen molar-refractivity contribution in [1.82, 2.24) is 4.90 Å². The van der Waals surface area contributed by atoms with E-state index in [2.05, 4.69) is 4.90 Å². The van der Waals surface area contributed by atoms with Crippen LogP contribution in [0.15, 0.2) is 0 Å². The fraction of sp³-hybridized carbons (Fsp3) is 0.900. The minimum Gasteiger partial charge on any atom is -0.321 e. The molecule has 0 aromatic rings. The molecule has 2 N–H and O–H groups in total. The molecule has 1 atom stereocenters. The third-order valence-corrected chi connectivity index (χ3v) is 2.53. The summed E-state index contributed by atoms with van der Waals surface area (Å²) >= 11 is 0. The number of Topliss-reactive ketones (excluding diaryl/α,β-unsaturated/α-hetero) is 1. The normalized spacial score (nSPS) is 19.1. The maximum absolute atomic E-state index is 11.5. The predicted octanol–water partition coefficient (Wildman–Crippen LogP) is 0.635. The second-order valence-corrected chi connectivity index (χ2v) is 4.24. The van der Waals surface area contributed by atoms with E-state index in [0.717, 1.165) is 25.8 Å². The first-order valence-electron chi connectivity index (χ1n) is 5.04. The van der Waals surface area contributed by atoms with Crippen molar-refractivity contribution in [2.24, 2.45) is 11.7 Å². The van der Waals surface area contributed by atoms with Crippen molar-refractivity contribution < 1.29 is 4.79 Å². The molecule has 3 heteroatoms. The molecule has 1 saturated carbocycles. The molecule has 1 rings (SSSR count). The smallest absolute Gasteiger partial charge is 0.149 e. The average molecular weight is 184 g/mol. The van der Waals surface area contributed by atoms with Crippen molar-refractivity contribution in [3.63, 3.8) is 0 Å². The van der Waals surface area contributed by atoms with Gasteiger partial charge in [-0.25, -0.2) is 0 Å². The molecule has 0 aromatic carbocycles. The molecule has 0 saturated heterocycles. The standard InChI is InChI=1S/C10H20N2O/c1-12(2)7-3-4-9(13)10(11)8-5-6-8/h8,10H,3-7,11H2,1-2H3/t10-/m1/s1. The molecule has 1 fully saturated rings. The molecule has 13 heavy (non-hydrogen) atoms. The van der Waals surface area contributed by atoms with Crippen molar-refractivity contribution in [3.05, 3.63) is 0 Å². The van der Waals surface area contributed by atoms with E-state index < -0.39 is 0 Å². The quantitative estimate of drug-likeness (QED) is 0.658. The summed E-state index contributed by atoms with van der Waals surface area (Å²) in [6.45, 7) is 0.975. The van der Waals surface area contributed by atoms with Gasteiger partial charge < -0.3 is 10.6 Å². The first-order valence-corrected chi connectivity index (χ1v) is 5.04. The van der Waals surface area contributed by atoms with Crippen LogP contribution in [0.4, 0.5) is 0 Å². The summed E-state index contributed by atoms with van der Waals surface area (Å²) in [5.41, 5.74) is 5.78. The van der Waals surface area contributed by atoms with Gasteiger partial charge in [-0.3, -0.25) is 4.79 Å². The molecule has 1 aliphatic carbocycles. The highest BCUT2D eigenvalue weighted by Gasteiger charge is 2.32. The van der Waals surface area contributed by atoms with Gasteiger partial charge in [0.05, 0.1) is 6.04 Å². The van der Waals surface area contributed by atoms with Crippen molar-refractivity contribution in [3.8, 4) is 0 Å². The number of ketones is 1. The molecular weight excluding hydrogens is 164 g/mol. The van der Waals surface area contributed by atoms with E-state index in [0.29, 0.717) is 12.3 Å². The number of nitrogens with two attached hydrogens (primary N) is 1. The molecule has 0 aliphatic heterocycles. The predicted molar refractivity (Wildman–Crippen MR) is 53.5 cm³/mol. The van der Waals surface area contributed by atoms with E-state index in [1.165, 1.54) is 0 Å². The first kappa shape index (κ1) is 10.7. The lowest BCUT2D eigenvalue weighted by Crippen LogP contribution is -2.32. The van der Waals surface area contributed by atoms with E-state index >= 15 is 0 Å². The first-order chi connectivity index (χ1) is 6.11. The van der Waals surface area contributed by atoms with Crippen LogP contribution in [0.1, 0.15) is 25.7 Å². The molecule has 0 spiro atoms. The van der Waals surface area contributed by atoms with Crippen LogP contribution >= 0.6 is 0 Å². The summed E-state index contributed by atoms with van der Waals surface area (Å²) in [5.74, 6) is 0.760. The number of carbonyl (C=O) groups is 1. The van der Waals surface area contributed by atoms with Crippen molar-refractivity contribution in [2.45, 2.75) is 31.7 Å². The molecule has 76 valence electrons. The van der Waals surface area contributed by atoms with E-state index in [1.54, 1.807) is 0 Å². The Morgan fingerprint density at radius 3 is 2.62 bits per heavy atom. The van der Waals surface area contributed by atoms with Gasteiger partial charge in [0.2, 0.25) is 0 Å². The molecule has 0 radical (unpaired) electrons. The average Bonchev–Trinajstić information content (AvgIpc) is 2.84. The van der Waals surface area contributed by atoms with Gasteiger partial charge in [0.25, 0.3) is 0 Å². The zero-order valence-corrected chi connectivity index (χ0v) is 8.62. The lowest BCUT2D eigenvalue weighted by Gasteiger charge is -2.11. The van der Waals surface area contributed by atoms with Gasteiger partial charge in [0.15, 0.2) is 0 Å². The van der Waals surface area contributed by atoms with Crippen molar-refractivity contribution in [1.29, 1.82) is 0 Å². The molecule has 0 amide bonds. The summed E-state index contributed by atoms with van der Waals surface area (Å²) in [5, 5.41) is 0. The van der Waals surface area contributed by atoms with Gasteiger partial charge in [0, 0.05) is 6.42 Å². The highest BCUT2D eigenvalue weighted by Crippen LogP contribution is 2.32. The van der Waals surface area contributed by atoms with Gasteiger partial charge in [-0.1, -0.05) is 0 Å². The Bertz CT molecular complexity index is 176. The second-order valence-electron chi connectivity index (χ2n) is 4.24. The highest BCUT2D eigenvalue weighted by atomic mass is 16.1. The number of hydrogen-bond acceptors (Lipinski definition) is 3. The Hall–Kier alpha value is -0.410. The van der Waals surface area contributed by atoms with E-state index in [4.69, 9.17) is 5.73 Å². The van der Waals surface area contributed by atoms with E-state index in [-0.39, 0.29) is 11.8 Å². The van der Waals surface area contributed by atoms with Crippen LogP contribution in [0.25, 0.3) is 0 Å². The maximum Gasteiger partial charge on any atom is 0.149 e. The van der Waals surface area contributed by atoms with Crippen LogP contribution in [0, 0.1) is 5.92 Å². The molecular formula is C10H20N2O. The Morgan fingerprint density at radius 2 is 2.15 bits per heavy atom. The number of rotatable bonds is 6. The number of nitrogens with zero attached hydrogens (tertiary/aromatic N) is 1. The fourth-order valence-corrected chi connectivity index (χ4v) is 1.45. The second kappa shape index (κ2) is 4.72. The molecule has 1 aliphatic rings. The molecule has 0 bridgehead atoms. The van der Waals surface area contributed by atoms with Crippen LogP contribution < -0.4 is 5.73 Å². The Balaban J connectivity index is 2.09. The third kappa shape index (κ3) is 3.87. The molecule has 0 unspecified atom stereocenters. The highest BCUT2D eigenvalue weighted by molar-refractivity contribution is 5.84. The van der Waals surface area contributed by atoms with Crippen LogP contribution in [0.5, 0.6) is 0 Å². The monoisotopic (exact) mass is 184 g/mol. The van der Waals surface area contributed by atoms with Crippen molar-refractivity contribution >= 4 is 5.78 Å². The summed E-state index contributed by atoms with van der Waals surface area (Å²) in [6.07, 6.45) is 3.89. The summed E-state index contributed by atoms with van der Waals surface area (Å²) < 4.78 is 0. The van der Waals surface area contributed by atoms with Crippen molar-refractivity contribution in [2.75, 3.05) is 20.6 Å². The minimum absolute atomic E-state index is 0.165. The minimum atomic E-state index is -0.165. The Morgan fingerprint density at radius 1 is 1.54 bits per heavy atom. The van der Waals surface area contributed by atoms with Gasteiger partial charge in [-0.05, 0) is 45.8 Å². The number of hydrogen-bond donors (Lipinski definition) is 1. The molecule has 0 aromatic heterocycles. The SMILES string of the molecule is CN(C)CCCC(=O)[C@H](N)C1CC1. The summed E-state index contributed by atoms with van der Waals surface area (Å²) in [7, 11) is 4.04. The van der Waals surface area contributed by atoms with Crippen LogP contribution in [0.3, 0.4) is 0 Å². The van der Waals surface area contributed by atoms with E-state index in [1.807, 2.05) is 14.1 Å². The van der Waals surface area contributed by atoms with Crippen LogP contribution in [-0.2, 0) is 4.79 Å².